The Balaban J connectivity index is 1.66. The molecule has 0 amide bonds. The third kappa shape index (κ3) is 3.59. The summed E-state index contributed by atoms with van der Waals surface area (Å²) in [6.45, 7) is 2.98. The van der Waals surface area contributed by atoms with Gasteiger partial charge in [-0.25, -0.2) is 17.4 Å². The Morgan fingerprint density at radius 3 is 2.65 bits per heavy atom. The van der Waals surface area contributed by atoms with Crippen LogP contribution in [-0.2, 0) is 10.0 Å². The van der Waals surface area contributed by atoms with Crippen molar-refractivity contribution in [1.82, 2.24) is 24.3 Å². The smallest absolute Gasteiger partial charge is 0.214 e. The van der Waals surface area contributed by atoms with E-state index in [4.69, 9.17) is 0 Å². The zero-order valence-electron chi connectivity index (χ0n) is 13.2. The van der Waals surface area contributed by atoms with E-state index in [-0.39, 0.29) is 11.8 Å². The normalized spacial score (nSPS) is 17.4. The minimum atomic E-state index is -3.10. The van der Waals surface area contributed by atoms with Gasteiger partial charge in [0.25, 0.3) is 0 Å². The summed E-state index contributed by atoms with van der Waals surface area (Å²) in [6, 6.07) is 5.86. The fraction of sp³-hybridized carbons (Fsp3) is 0.533. The van der Waals surface area contributed by atoms with Crippen molar-refractivity contribution in [3.63, 3.8) is 0 Å². The Morgan fingerprint density at radius 1 is 1.22 bits per heavy atom. The van der Waals surface area contributed by atoms with Gasteiger partial charge >= 0.3 is 0 Å². The second kappa shape index (κ2) is 6.76. The number of sulfonamides is 1. The first kappa shape index (κ1) is 16.1. The van der Waals surface area contributed by atoms with Crippen molar-refractivity contribution in [2.75, 3.05) is 18.8 Å². The largest absolute Gasteiger partial charge is 0.254 e. The van der Waals surface area contributed by atoms with Crippen LogP contribution in [0.3, 0.4) is 0 Å². The lowest BCUT2D eigenvalue weighted by atomic mass is 10.1. The summed E-state index contributed by atoms with van der Waals surface area (Å²) in [5.74, 6) is 0.227. The molecule has 0 aliphatic carbocycles. The number of rotatable bonds is 5. The summed E-state index contributed by atoms with van der Waals surface area (Å²) >= 11 is 0. The van der Waals surface area contributed by atoms with E-state index < -0.39 is 10.0 Å². The number of pyridine rings is 1. The van der Waals surface area contributed by atoms with Crippen molar-refractivity contribution < 1.29 is 8.42 Å². The standard InChI is InChI=1S/C15H21N5O2S/c1-2-11-23(21,22)19-9-6-13(7-10-19)20-12-15(17-18-20)14-5-3-4-8-16-14/h3-5,8,12-13H,2,6-7,9-11H2,1H3. The summed E-state index contributed by atoms with van der Waals surface area (Å²) in [5.41, 5.74) is 1.54. The third-order valence-corrected chi connectivity index (χ3v) is 6.17. The highest BCUT2D eigenvalue weighted by atomic mass is 32.2. The Kier molecular flexibility index (Phi) is 4.72. The fourth-order valence-corrected chi connectivity index (χ4v) is 4.40. The molecule has 0 saturated carbocycles. The molecule has 124 valence electrons. The van der Waals surface area contributed by atoms with Gasteiger partial charge < -0.3 is 0 Å². The average molecular weight is 335 g/mol. The molecule has 0 bridgehead atoms. The SMILES string of the molecule is CCCS(=O)(=O)N1CCC(n2cc(-c3ccccn3)nn2)CC1. The fourth-order valence-electron chi connectivity index (χ4n) is 2.86. The van der Waals surface area contributed by atoms with Crippen LogP contribution in [0.5, 0.6) is 0 Å². The molecule has 0 spiro atoms. The van der Waals surface area contributed by atoms with Gasteiger partial charge in [0.05, 0.1) is 23.7 Å². The van der Waals surface area contributed by atoms with Crippen LogP contribution < -0.4 is 0 Å². The quantitative estimate of drug-likeness (QED) is 0.831. The molecule has 0 unspecified atom stereocenters. The Hall–Kier alpha value is -1.80. The van der Waals surface area contributed by atoms with Crippen LogP contribution in [0.25, 0.3) is 11.4 Å². The Morgan fingerprint density at radius 2 is 2.00 bits per heavy atom. The molecule has 2 aromatic heterocycles. The molecule has 0 N–H and O–H groups in total. The van der Waals surface area contributed by atoms with E-state index in [1.54, 1.807) is 10.5 Å². The van der Waals surface area contributed by atoms with Crippen molar-refractivity contribution >= 4 is 10.0 Å². The van der Waals surface area contributed by atoms with E-state index in [9.17, 15) is 8.42 Å². The number of nitrogens with zero attached hydrogens (tertiary/aromatic N) is 5. The van der Waals surface area contributed by atoms with Crippen molar-refractivity contribution in [1.29, 1.82) is 0 Å². The minimum Gasteiger partial charge on any atom is -0.254 e. The number of hydrogen-bond acceptors (Lipinski definition) is 5. The topological polar surface area (TPSA) is 81.0 Å². The maximum atomic E-state index is 12.1. The zero-order chi connectivity index (χ0) is 16.3. The van der Waals surface area contributed by atoms with Crippen LogP contribution in [0.4, 0.5) is 0 Å². The molecule has 1 aliphatic heterocycles. The van der Waals surface area contributed by atoms with Crippen LogP contribution >= 0.6 is 0 Å². The van der Waals surface area contributed by atoms with Gasteiger partial charge in [-0.05, 0) is 31.4 Å². The molecule has 2 aromatic rings. The lowest BCUT2D eigenvalue weighted by Gasteiger charge is -2.30. The van der Waals surface area contributed by atoms with E-state index in [1.165, 1.54) is 0 Å². The predicted octanol–water partition coefficient (Wildman–Crippen LogP) is 1.72. The zero-order valence-corrected chi connectivity index (χ0v) is 14.0. The van der Waals surface area contributed by atoms with Gasteiger partial charge in [-0.15, -0.1) is 5.10 Å². The predicted molar refractivity (Wildman–Crippen MR) is 87.2 cm³/mol. The van der Waals surface area contributed by atoms with Crippen molar-refractivity contribution in [3.8, 4) is 11.4 Å². The van der Waals surface area contributed by atoms with E-state index in [2.05, 4.69) is 15.3 Å². The molecule has 8 heteroatoms. The van der Waals surface area contributed by atoms with Gasteiger partial charge in [-0.1, -0.05) is 18.2 Å². The molecule has 1 saturated heterocycles. The summed E-state index contributed by atoms with van der Waals surface area (Å²) in [6.07, 6.45) is 5.79. The molecule has 3 rings (SSSR count). The van der Waals surface area contributed by atoms with Crippen LogP contribution in [0, 0.1) is 0 Å². The molecular weight excluding hydrogens is 314 g/mol. The van der Waals surface area contributed by atoms with Gasteiger partial charge in [0.15, 0.2) is 0 Å². The molecule has 0 radical (unpaired) electrons. The molecule has 1 aliphatic rings. The maximum Gasteiger partial charge on any atom is 0.214 e. The van der Waals surface area contributed by atoms with Gasteiger partial charge in [-0.3, -0.25) is 4.98 Å². The number of piperidine rings is 1. The van der Waals surface area contributed by atoms with Crippen molar-refractivity contribution in [3.05, 3.63) is 30.6 Å². The highest BCUT2D eigenvalue weighted by Gasteiger charge is 2.28. The highest BCUT2D eigenvalue weighted by Crippen LogP contribution is 2.25. The lowest BCUT2D eigenvalue weighted by molar-refractivity contribution is 0.258. The maximum absolute atomic E-state index is 12.1. The van der Waals surface area contributed by atoms with Crippen molar-refractivity contribution in [2.45, 2.75) is 32.2 Å². The van der Waals surface area contributed by atoms with Crippen LogP contribution in [0.1, 0.15) is 32.2 Å². The van der Waals surface area contributed by atoms with Crippen LogP contribution in [0.15, 0.2) is 30.6 Å². The molecule has 7 nitrogen and oxygen atoms in total. The number of hydrogen-bond donors (Lipinski definition) is 0. The van der Waals surface area contributed by atoms with Crippen molar-refractivity contribution in [2.24, 2.45) is 0 Å². The third-order valence-electron chi connectivity index (χ3n) is 4.09. The first-order valence-electron chi connectivity index (χ1n) is 7.91. The Bertz CT molecular complexity index is 736. The van der Waals surface area contributed by atoms with Crippen LogP contribution in [0.2, 0.25) is 0 Å². The molecule has 23 heavy (non-hydrogen) atoms. The van der Waals surface area contributed by atoms with E-state index in [1.807, 2.05) is 36.0 Å². The first-order valence-corrected chi connectivity index (χ1v) is 9.52. The molecule has 0 aromatic carbocycles. The summed E-state index contributed by atoms with van der Waals surface area (Å²) in [4.78, 5) is 4.27. The summed E-state index contributed by atoms with van der Waals surface area (Å²) in [5, 5.41) is 8.38. The average Bonchev–Trinajstić information content (AvgIpc) is 3.06. The van der Waals surface area contributed by atoms with Gasteiger partial charge in [0, 0.05) is 19.3 Å². The van der Waals surface area contributed by atoms with Gasteiger partial charge in [-0.2, -0.15) is 0 Å². The number of aromatic nitrogens is 4. The lowest BCUT2D eigenvalue weighted by Crippen LogP contribution is -2.40. The van der Waals surface area contributed by atoms with E-state index >= 15 is 0 Å². The molecule has 0 atom stereocenters. The molecular formula is C15H21N5O2S. The highest BCUT2D eigenvalue weighted by molar-refractivity contribution is 7.89. The monoisotopic (exact) mass is 335 g/mol. The van der Waals surface area contributed by atoms with E-state index in [0.29, 0.717) is 19.5 Å². The minimum absolute atomic E-state index is 0.188. The molecule has 3 heterocycles. The Labute approximate surface area is 136 Å². The first-order chi connectivity index (χ1) is 11.1. The summed E-state index contributed by atoms with van der Waals surface area (Å²) in [7, 11) is -3.10. The van der Waals surface area contributed by atoms with E-state index in [0.717, 1.165) is 24.2 Å². The second-order valence-corrected chi connectivity index (χ2v) is 7.83. The van der Waals surface area contributed by atoms with Gasteiger partial charge in [0.1, 0.15) is 5.69 Å². The second-order valence-electron chi connectivity index (χ2n) is 5.75. The van der Waals surface area contributed by atoms with Crippen LogP contribution in [-0.4, -0.2) is 51.5 Å². The summed E-state index contributed by atoms with van der Waals surface area (Å²) < 4.78 is 27.6. The molecule has 1 fully saturated rings. The van der Waals surface area contributed by atoms with Gasteiger partial charge in [0.2, 0.25) is 10.0 Å².